The molecule has 356 valence electrons. The minimum atomic E-state index is -2.23. The fraction of sp³-hybridized carbons (Fsp3) is 0.434. The van der Waals surface area contributed by atoms with Crippen LogP contribution in [0.15, 0.2) is 108 Å². The Labute approximate surface area is 395 Å². The number of carbonyl (C=O) groups is 3. The number of rotatable bonds is 19. The topological polar surface area (TPSA) is 165 Å². The van der Waals surface area contributed by atoms with Gasteiger partial charge in [0.1, 0.15) is 11.9 Å². The number of ether oxygens (including phenoxy) is 1. The molecule has 4 aromatic carbocycles. The number of pyridine rings is 1. The van der Waals surface area contributed by atoms with Crippen molar-refractivity contribution in [1.29, 1.82) is 0 Å². The first kappa shape index (κ1) is 49.1. The third-order valence-electron chi connectivity index (χ3n) is 13.9. The second kappa shape index (κ2) is 21.9. The quantitative estimate of drug-likeness (QED) is 0.0401. The van der Waals surface area contributed by atoms with Crippen LogP contribution in [0.25, 0.3) is 22.0 Å². The molecule has 1 saturated carbocycles. The normalized spacial score (nSPS) is 17.8. The predicted octanol–water partition coefficient (Wildman–Crippen LogP) is 9.67. The van der Waals surface area contributed by atoms with Gasteiger partial charge >= 0.3 is 6.09 Å². The van der Waals surface area contributed by atoms with Crippen LogP contribution >= 0.6 is 0 Å². The molecular formula is C53H68N6O7Si. The number of phenolic OH excluding ortho intramolecular Hbond substituents is 1. The number of carbonyl (C=O) groups excluding carboxylic acids is 3. The minimum absolute atomic E-state index is 0.0122. The van der Waals surface area contributed by atoms with Crippen molar-refractivity contribution >= 4 is 48.5 Å². The number of nitrogens with one attached hydrogen (secondary N) is 4. The van der Waals surface area contributed by atoms with Crippen molar-refractivity contribution in [2.45, 2.75) is 96.2 Å². The van der Waals surface area contributed by atoms with Gasteiger partial charge in [0.05, 0.1) is 17.3 Å². The molecule has 2 heterocycles. The summed E-state index contributed by atoms with van der Waals surface area (Å²) in [5, 5.41) is 20.8. The molecule has 4 atom stereocenters. The van der Waals surface area contributed by atoms with Crippen LogP contribution in [-0.2, 0) is 25.3 Å². The van der Waals surface area contributed by atoms with E-state index in [4.69, 9.17) is 9.16 Å². The maximum atomic E-state index is 13.1. The van der Waals surface area contributed by atoms with Crippen LogP contribution in [0.2, 0.25) is 18.1 Å². The lowest BCUT2D eigenvalue weighted by atomic mass is 10.0. The second-order valence-corrected chi connectivity index (χ2v) is 24.6. The molecule has 2 fully saturated rings. The van der Waals surface area contributed by atoms with Crippen LogP contribution in [0.5, 0.6) is 5.75 Å². The third-order valence-corrected chi connectivity index (χ3v) is 18.4. The van der Waals surface area contributed by atoms with E-state index in [1.807, 2.05) is 92.0 Å². The van der Waals surface area contributed by atoms with Crippen molar-refractivity contribution in [3.05, 3.63) is 125 Å². The number of hydrogen-bond acceptors (Lipinski definition) is 9. The molecule has 1 saturated heterocycles. The fourth-order valence-electron chi connectivity index (χ4n) is 9.19. The van der Waals surface area contributed by atoms with Crippen LogP contribution < -0.4 is 21.5 Å². The van der Waals surface area contributed by atoms with E-state index in [0.29, 0.717) is 62.8 Å². The van der Waals surface area contributed by atoms with Gasteiger partial charge in [-0.1, -0.05) is 87.5 Å². The Bertz CT molecular complexity index is 2550. The van der Waals surface area contributed by atoms with Crippen LogP contribution in [-0.4, -0.2) is 92.0 Å². The standard InChI is InChI=1S/C53H68N6O7Si/c1-53(2,3)67(5,6)66-47(43-22-24-46(60)51-44(43)23-25-49(62)57-51)33-54-32-36-15-14-18-40(29-36)55-48(61)21-12-13-27-58(4)50(63)26-28-59-34-38-30-41(31-39(38)35-59)65-52(64)56-45-20-11-10-19-42(45)37-16-8-7-9-17-37/h7-11,14-20,22-25,29,38-39,41,47,54,60H,12-13,21,26-28,30-35H2,1-6H3,(H,55,61)(H,56,64)(H,57,62)/t38-,39?,41?,47-/m0/s1. The molecular weight excluding hydrogens is 861 g/mol. The number of hydrogen-bond donors (Lipinski definition) is 5. The van der Waals surface area contributed by atoms with E-state index in [2.05, 4.69) is 59.7 Å². The SMILES string of the molecule is CN(CCCCC(=O)Nc1cccc(CNC[C@H](O[Si](C)(C)C(C)(C)C)c2ccc(O)c3[nH]c(=O)ccc23)c1)C(=O)CCN1CC2CC(OC(=O)Nc3ccccc3-c3ccccc3)C[C@H]2C1. The Morgan fingerprint density at radius 1 is 0.881 bits per heavy atom. The Kier molecular flexibility index (Phi) is 16.0. The van der Waals surface area contributed by atoms with Gasteiger partial charge in [-0.05, 0) is 103 Å². The molecule has 0 bridgehead atoms. The number of H-pyrrole nitrogens is 1. The lowest BCUT2D eigenvalue weighted by molar-refractivity contribution is -0.130. The molecule has 2 unspecified atom stereocenters. The monoisotopic (exact) mass is 928 g/mol. The Balaban J connectivity index is 0.792. The molecule has 1 aliphatic carbocycles. The molecule has 5 aromatic rings. The highest BCUT2D eigenvalue weighted by Crippen LogP contribution is 2.42. The number of unbranched alkanes of at least 4 members (excludes halogenated alkanes) is 1. The molecule has 1 aromatic heterocycles. The van der Waals surface area contributed by atoms with E-state index in [9.17, 15) is 24.3 Å². The number of phenols is 1. The van der Waals surface area contributed by atoms with Gasteiger partial charge in [0.15, 0.2) is 8.32 Å². The maximum Gasteiger partial charge on any atom is 0.411 e. The van der Waals surface area contributed by atoms with Gasteiger partial charge in [-0.15, -0.1) is 0 Å². The molecule has 0 spiro atoms. The number of fused-ring (bicyclic) bond motifs is 2. The molecule has 7 rings (SSSR count). The third kappa shape index (κ3) is 13.0. The number of aromatic nitrogens is 1. The van der Waals surface area contributed by atoms with Gasteiger partial charge in [0.25, 0.3) is 0 Å². The highest BCUT2D eigenvalue weighted by molar-refractivity contribution is 6.74. The zero-order valence-corrected chi connectivity index (χ0v) is 40.9. The summed E-state index contributed by atoms with van der Waals surface area (Å²) in [4.78, 5) is 58.0. The summed E-state index contributed by atoms with van der Waals surface area (Å²) < 4.78 is 12.8. The lowest BCUT2D eigenvalue weighted by Gasteiger charge is -2.39. The number of anilines is 2. The van der Waals surface area contributed by atoms with E-state index in [0.717, 1.165) is 71.4 Å². The number of amides is 3. The van der Waals surface area contributed by atoms with Crippen molar-refractivity contribution in [3.8, 4) is 16.9 Å². The molecule has 2 aliphatic rings. The lowest BCUT2D eigenvalue weighted by Crippen LogP contribution is -2.43. The van der Waals surface area contributed by atoms with Crippen LogP contribution in [0.4, 0.5) is 16.2 Å². The number of aromatic amines is 1. The summed E-state index contributed by atoms with van der Waals surface area (Å²) in [5.74, 6) is 0.948. The van der Waals surface area contributed by atoms with Crippen molar-refractivity contribution in [2.24, 2.45) is 11.8 Å². The Hall–Kier alpha value is -5.80. The van der Waals surface area contributed by atoms with Gasteiger partial charge in [0, 0.05) is 81.9 Å². The first-order chi connectivity index (χ1) is 32.0. The summed E-state index contributed by atoms with van der Waals surface area (Å²) in [5.41, 5.74) is 5.42. The fourth-order valence-corrected chi connectivity index (χ4v) is 10.5. The Morgan fingerprint density at radius 2 is 1.61 bits per heavy atom. The molecule has 67 heavy (non-hydrogen) atoms. The van der Waals surface area contributed by atoms with Gasteiger partial charge in [-0.3, -0.25) is 19.7 Å². The van der Waals surface area contributed by atoms with E-state index in [-0.39, 0.29) is 40.4 Å². The van der Waals surface area contributed by atoms with Gasteiger partial charge in [-0.2, -0.15) is 0 Å². The first-order valence-corrected chi connectivity index (χ1v) is 26.6. The van der Waals surface area contributed by atoms with Gasteiger partial charge in [0.2, 0.25) is 17.4 Å². The van der Waals surface area contributed by atoms with Crippen molar-refractivity contribution < 1.29 is 28.7 Å². The van der Waals surface area contributed by atoms with E-state index in [1.165, 1.54) is 6.07 Å². The zero-order valence-electron chi connectivity index (χ0n) is 39.9. The zero-order chi connectivity index (χ0) is 47.7. The number of para-hydroxylation sites is 1. The van der Waals surface area contributed by atoms with Crippen LogP contribution in [0.3, 0.4) is 0 Å². The number of aromatic hydroxyl groups is 1. The van der Waals surface area contributed by atoms with E-state index in [1.54, 1.807) is 17.0 Å². The van der Waals surface area contributed by atoms with Crippen LogP contribution in [0.1, 0.15) is 76.5 Å². The van der Waals surface area contributed by atoms with Crippen LogP contribution in [0, 0.1) is 11.8 Å². The van der Waals surface area contributed by atoms with Gasteiger partial charge in [-0.25, -0.2) is 4.79 Å². The summed E-state index contributed by atoms with van der Waals surface area (Å²) in [7, 11) is -0.398. The Morgan fingerprint density at radius 3 is 2.36 bits per heavy atom. The second-order valence-electron chi connectivity index (χ2n) is 19.9. The number of benzene rings is 4. The highest BCUT2D eigenvalue weighted by atomic mass is 28.4. The van der Waals surface area contributed by atoms with Crippen molar-refractivity contribution in [2.75, 3.05) is 50.4 Å². The minimum Gasteiger partial charge on any atom is -0.506 e. The molecule has 14 heteroatoms. The summed E-state index contributed by atoms with van der Waals surface area (Å²) in [6.45, 7) is 15.1. The molecule has 0 radical (unpaired) electrons. The van der Waals surface area contributed by atoms with Crippen molar-refractivity contribution in [3.63, 3.8) is 0 Å². The summed E-state index contributed by atoms with van der Waals surface area (Å²) in [6.07, 6.45) is 2.98. The van der Waals surface area contributed by atoms with E-state index < -0.39 is 14.4 Å². The summed E-state index contributed by atoms with van der Waals surface area (Å²) >= 11 is 0. The molecule has 13 nitrogen and oxygen atoms in total. The molecule has 3 amide bonds. The predicted molar refractivity (Wildman–Crippen MR) is 269 cm³/mol. The highest BCUT2D eigenvalue weighted by Gasteiger charge is 2.43. The molecule has 5 N–H and O–H groups in total. The van der Waals surface area contributed by atoms with Gasteiger partial charge < -0.3 is 39.7 Å². The average Bonchev–Trinajstić information content (AvgIpc) is 3.85. The van der Waals surface area contributed by atoms with Crippen molar-refractivity contribution in [1.82, 2.24) is 20.1 Å². The molecule has 1 aliphatic heterocycles. The summed E-state index contributed by atoms with van der Waals surface area (Å²) in [6, 6.07) is 32.2. The average molecular weight is 929 g/mol. The number of nitrogens with zero attached hydrogens (tertiary/aromatic N) is 2. The first-order valence-electron chi connectivity index (χ1n) is 23.7. The maximum absolute atomic E-state index is 13.1. The van der Waals surface area contributed by atoms with E-state index >= 15 is 0 Å². The number of likely N-dealkylation sites (tertiary alicyclic amines) is 1. The smallest absolute Gasteiger partial charge is 0.411 e. The largest absolute Gasteiger partial charge is 0.506 e.